The van der Waals surface area contributed by atoms with Crippen LogP contribution >= 0.6 is 0 Å². The second-order valence-corrected chi connectivity index (χ2v) is 5.45. The zero-order valence-corrected chi connectivity index (χ0v) is 12.0. The van der Waals surface area contributed by atoms with Crippen LogP contribution in [0.1, 0.15) is 52.4 Å². The van der Waals surface area contributed by atoms with Gasteiger partial charge in [-0.05, 0) is 31.7 Å². The maximum Gasteiger partial charge on any atom is 0.329 e. The third kappa shape index (κ3) is 3.26. The van der Waals surface area contributed by atoms with Crippen molar-refractivity contribution in [2.75, 3.05) is 13.1 Å². The van der Waals surface area contributed by atoms with Gasteiger partial charge in [0.05, 0.1) is 0 Å². The first-order valence-electron chi connectivity index (χ1n) is 7.25. The van der Waals surface area contributed by atoms with Crippen molar-refractivity contribution in [3.05, 3.63) is 0 Å². The lowest BCUT2D eigenvalue weighted by Gasteiger charge is -2.35. The summed E-state index contributed by atoms with van der Waals surface area (Å²) in [5.41, 5.74) is 4.66. The number of nitrogens with zero attached hydrogens (tertiary/aromatic N) is 1. The van der Waals surface area contributed by atoms with Crippen molar-refractivity contribution in [3.8, 4) is 0 Å². The molecule has 110 valence electrons. The van der Waals surface area contributed by atoms with Crippen molar-refractivity contribution in [3.63, 3.8) is 0 Å². The maximum absolute atomic E-state index is 12.4. The Morgan fingerprint density at radius 1 is 1.42 bits per heavy atom. The Kier molecular flexibility index (Phi) is 5.79. The summed E-state index contributed by atoms with van der Waals surface area (Å²) in [6.45, 7) is 5.00. The molecule has 1 fully saturated rings. The Hall–Kier alpha value is -1.10. The summed E-state index contributed by atoms with van der Waals surface area (Å²) < 4.78 is 0. The third-order valence-electron chi connectivity index (χ3n) is 4.23. The number of carboxylic acids is 1. The second-order valence-electron chi connectivity index (χ2n) is 5.45. The molecule has 1 aliphatic rings. The SMILES string of the molecule is CCCC1(C(=O)O)CCCN1C(=O)CC(CC)CN. The van der Waals surface area contributed by atoms with Gasteiger partial charge in [-0.25, -0.2) is 4.79 Å². The van der Waals surface area contributed by atoms with Crippen molar-refractivity contribution < 1.29 is 14.7 Å². The monoisotopic (exact) mass is 270 g/mol. The molecule has 1 saturated heterocycles. The number of hydrogen-bond donors (Lipinski definition) is 2. The summed E-state index contributed by atoms with van der Waals surface area (Å²) in [6.07, 6.45) is 3.87. The minimum Gasteiger partial charge on any atom is -0.479 e. The van der Waals surface area contributed by atoms with Crippen LogP contribution in [0.5, 0.6) is 0 Å². The molecule has 2 atom stereocenters. The number of carboxylic acid groups (broad SMARTS) is 1. The Morgan fingerprint density at radius 3 is 2.58 bits per heavy atom. The lowest BCUT2D eigenvalue weighted by Crippen LogP contribution is -2.53. The Morgan fingerprint density at radius 2 is 2.11 bits per heavy atom. The number of likely N-dealkylation sites (tertiary alicyclic amines) is 1. The van der Waals surface area contributed by atoms with Gasteiger partial charge in [0.1, 0.15) is 5.54 Å². The predicted octanol–water partition coefficient (Wildman–Crippen LogP) is 1.61. The van der Waals surface area contributed by atoms with E-state index in [1.165, 1.54) is 0 Å². The number of hydrogen-bond acceptors (Lipinski definition) is 3. The van der Waals surface area contributed by atoms with E-state index in [2.05, 4.69) is 0 Å². The van der Waals surface area contributed by atoms with Crippen LogP contribution in [0.4, 0.5) is 0 Å². The van der Waals surface area contributed by atoms with Gasteiger partial charge in [-0.1, -0.05) is 26.7 Å². The normalized spacial score (nSPS) is 24.5. The summed E-state index contributed by atoms with van der Waals surface area (Å²) in [6, 6.07) is 0. The largest absolute Gasteiger partial charge is 0.479 e. The minimum absolute atomic E-state index is 0.0503. The van der Waals surface area contributed by atoms with E-state index in [1.807, 2.05) is 13.8 Å². The molecule has 0 saturated carbocycles. The number of carbonyl (C=O) groups is 2. The molecule has 0 aromatic heterocycles. The van der Waals surface area contributed by atoms with Gasteiger partial charge in [-0.2, -0.15) is 0 Å². The summed E-state index contributed by atoms with van der Waals surface area (Å²) in [7, 11) is 0. The lowest BCUT2D eigenvalue weighted by atomic mass is 9.90. The van der Waals surface area contributed by atoms with Crippen LogP contribution in [0.2, 0.25) is 0 Å². The standard InChI is InChI=1S/C14H26N2O3/c1-3-6-14(13(18)19)7-5-8-16(14)12(17)9-11(4-2)10-15/h11H,3-10,15H2,1-2H3,(H,18,19). The Balaban J connectivity index is 2.84. The fourth-order valence-corrected chi connectivity index (χ4v) is 3.00. The zero-order chi connectivity index (χ0) is 14.5. The average molecular weight is 270 g/mol. The molecule has 0 radical (unpaired) electrons. The van der Waals surface area contributed by atoms with Crippen molar-refractivity contribution in [1.29, 1.82) is 0 Å². The molecule has 1 amide bonds. The molecule has 0 aromatic carbocycles. The Bertz CT molecular complexity index is 329. The molecule has 19 heavy (non-hydrogen) atoms. The van der Waals surface area contributed by atoms with E-state index in [9.17, 15) is 14.7 Å². The summed E-state index contributed by atoms with van der Waals surface area (Å²) >= 11 is 0. The molecule has 3 N–H and O–H groups in total. The van der Waals surface area contributed by atoms with Crippen LogP contribution < -0.4 is 5.73 Å². The summed E-state index contributed by atoms with van der Waals surface area (Å²) in [5, 5.41) is 9.54. The highest BCUT2D eigenvalue weighted by Crippen LogP contribution is 2.35. The molecule has 1 rings (SSSR count). The van der Waals surface area contributed by atoms with Crippen molar-refractivity contribution in [2.24, 2.45) is 11.7 Å². The second kappa shape index (κ2) is 6.89. The van der Waals surface area contributed by atoms with Gasteiger partial charge in [0.2, 0.25) is 5.91 Å². The van der Waals surface area contributed by atoms with Gasteiger partial charge < -0.3 is 15.7 Å². The van der Waals surface area contributed by atoms with Gasteiger partial charge in [0.15, 0.2) is 0 Å². The zero-order valence-electron chi connectivity index (χ0n) is 12.0. The first-order chi connectivity index (χ1) is 9.01. The van der Waals surface area contributed by atoms with Crippen molar-refractivity contribution >= 4 is 11.9 Å². The van der Waals surface area contributed by atoms with Crippen LogP contribution in [-0.2, 0) is 9.59 Å². The molecule has 0 bridgehead atoms. The topological polar surface area (TPSA) is 83.6 Å². The molecular formula is C14H26N2O3. The quantitative estimate of drug-likeness (QED) is 0.736. The highest BCUT2D eigenvalue weighted by atomic mass is 16.4. The van der Waals surface area contributed by atoms with Gasteiger partial charge in [-0.3, -0.25) is 4.79 Å². The third-order valence-corrected chi connectivity index (χ3v) is 4.23. The molecule has 5 heteroatoms. The number of aliphatic carboxylic acids is 1. The highest BCUT2D eigenvalue weighted by molar-refractivity contribution is 5.87. The number of nitrogens with two attached hydrogens (primary N) is 1. The van der Waals surface area contributed by atoms with Crippen LogP contribution in [0, 0.1) is 5.92 Å². The number of carbonyl (C=O) groups excluding carboxylic acids is 1. The van der Waals surface area contributed by atoms with Crippen LogP contribution in [0.25, 0.3) is 0 Å². The van der Waals surface area contributed by atoms with E-state index < -0.39 is 11.5 Å². The molecule has 0 aromatic rings. The van der Waals surface area contributed by atoms with Gasteiger partial charge >= 0.3 is 5.97 Å². The van der Waals surface area contributed by atoms with Crippen LogP contribution in [0.15, 0.2) is 0 Å². The van der Waals surface area contributed by atoms with Gasteiger partial charge in [0, 0.05) is 13.0 Å². The van der Waals surface area contributed by atoms with E-state index in [0.29, 0.717) is 32.4 Å². The molecule has 0 spiro atoms. The number of rotatable bonds is 7. The van der Waals surface area contributed by atoms with E-state index >= 15 is 0 Å². The van der Waals surface area contributed by atoms with Crippen LogP contribution in [-0.4, -0.2) is 40.5 Å². The lowest BCUT2D eigenvalue weighted by molar-refractivity contribution is -0.157. The first kappa shape index (κ1) is 16.0. The van der Waals surface area contributed by atoms with Crippen LogP contribution in [0.3, 0.4) is 0 Å². The molecule has 0 aliphatic carbocycles. The minimum atomic E-state index is -0.973. The van der Waals surface area contributed by atoms with E-state index in [0.717, 1.165) is 19.3 Å². The Labute approximate surface area is 115 Å². The van der Waals surface area contributed by atoms with Crippen molar-refractivity contribution in [1.82, 2.24) is 4.90 Å². The van der Waals surface area contributed by atoms with Gasteiger partial charge in [0.25, 0.3) is 0 Å². The summed E-state index contributed by atoms with van der Waals surface area (Å²) in [4.78, 5) is 25.6. The molecule has 2 unspecified atom stereocenters. The molecular weight excluding hydrogens is 244 g/mol. The predicted molar refractivity (Wildman–Crippen MR) is 73.7 cm³/mol. The molecule has 1 aliphatic heterocycles. The fourth-order valence-electron chi connectivity index (χ4n) is 3.00. The van der Waals surface area contributed by atoms with Gasteiger partial charge in [-0.15, -0.1) is 0 Å². The number of amides is 1. The maximum atomic E-state index is 12.4. The smallest absolute Gasteiger partial charge is 0.329 e. The first-order valence-corrected chi connectivity index (χ1v) is 7.25. The molecule has 5 nitrogen and oxygen atoms in total. The van der Waals surface area contributed by atoms with E-state index in [4.69, 9.17) is 5.73 Å². The average Bonchev–Trinajstić information content (AvgIpc) is 2.81. The summed E-state index contributed by atoms with van der Waals surface area (Å²) in [5.74, 6) is -0.757. The van der Waals surface area contributed by atoms with Crippen molar-refractivity contribution in [2.45, 2.75) is 57.9 Å². The highest BCUT2D eigenvalue weighted by Gasteiger charge is 2.48. The fraction of sp³-hybridized carbons (Fsp3) is 0.857. The van der Waals surface area contributed by atoms with E-state index in [-0.39, 0.29) is 11.8 Å². The van der Waals surface area contributed by atoms with E-state index in [1.54, 1.807) is 4.90 Å². The molecule has 1 heterocycles.